The van der Waals surface area contributed by atoms with Gasteiger partial charge in [0.1, 0.15) is 12.7 Å². The molecule has 0 radical (unpaired) electrons. The fraction of sp³-hybridized carbons (Fsp3) is 0.562. The van der Waals surface area contributed by atoms with Gasteiger partial charge in [-0.05, 0) is 12.1 Å². The molecule has 2 N–H and O–H groups in total. The summed E-state index contributed by atoms with van der Waals surface area (Å²) in [7, 11) is 0. The predicted octanol–water partition coefficient (Wildman–Crippen LogP) is 0.0114. The zero-order chi connectivity index (χ0) is 14.5. The first kappa shape index (κ1) is 14.2. The first-order valence-electron chi connectivity index (χ1n) is 7.80. The SMILES string of the molecule is O=C(CC[NH+]1CCCC1)NC[C@H]1COc2ccccc2O1. The average molecular weight is 291 g/mol. The first-order valence-corrected chi connectivity index (χ1v) is 7.80. The van der Waals surface area contributed by atoms with E-state index in [0.29, 0.717) is 19.6 Å². The summed E-state index contributed by atoms with van der Waals surface area (Å²) < 4.78 is 11.4. The van der Waals surface area contributed by atoms with Crippen LogP contribution in [0.4, 0.5) is 0 Å². The van der Waals surface area contributed by atoms with Gasteiger partial charge in [-0.3, -0.25) is 4.79 Å². The van der Waals surface area contributed by atoms with Crippen LogP contribution in [0.25, 0.3) is 0 Å². The van der Waals surface area contributed by atoms with Crippen LogP contribution in [0.2, 0.25) is 0 Å². The van der Waals surface area contributed by atoms with Crippen molar-refractivity contribution >= 4 is 5.91 Å². The van der Waals surface area contributed by atoms with Crippen molar-refractivity contribution in [1.29, 1.82) is 0 Å². The molecule has 3 rings (SSSR count). The second-order valence-electron chi connectivity index (χ2n) is 5.76. The zero-order valence-corrected chi connectivity index (χ0v) is 12.3. The number of ether oxygens (including phenoxy) is 2. The average Bonchev–Trinajstić information content (AvgIpc) is 3.04. The maximum atomic E-state index is 11.9. The summed E-state index contributed by atoms with van der Waals surface area (Å²) in [6.45, 7) is 4.35. The molecule has 0 spiro atoms. The molecule has 21 heavy (non-hydrogen) atoms. The fourth-order valence-electron chi connectivity index (χ4n) is 2.90. The second-order valence-corrected chi connectivity index (χ2v) is 5.76. The van der Waals surface area contributed by atoms with Crippen molar-refractivity contribution in [2.45, 2.75) is 25.4 Å². The van der Waals surface area contributed by atoms with Gasteiger partial charge in [0.05, 0.1) is 32.6 Å². The van der Waals surface area contributed by atoms with Crippen molar-refractivity contribution in [3.63, 3.8) is 0 Å². The molecule has 114 valence electrons. The standard InChI is InChI=1S/C16H22N2O3/c19-16(7-10-18-8-3-4-9-18)17-11-13-12-20-14-5-1-2-6-15(14)21-13/h1-2,5-6,13H,3-4,7-12H2,(H,17,19)/p+1/t13-/m0/s1. The molecule has 0 unspecified atom stereocenters. The number of benzene rings is 1. The molecule has 5 nitrogen and oxygen atoms in total. The monoisotopic (exact) mass is 291 g/mol. The lowest BCUT2D eigenvalue weighted by atomic mass is 10.2. The van der Waals surface area contributed by atoms with E-state index < -0.39 is 0 Å². The molecular formula is C16H23N2O3+. The number of fused-ring (bicyclic) bond motifs is 1. The van der Waals surface area contributed by atoms with Gasteiger partial charge in [-0.2, -0.15) is 0 Å². The molecule has 0 saturated carbocycles. The molecule has 1 amide bonds. The van der Waals surface area contributed by atoms with E-state index in [1.165, 1.54) is 25.9 Å². The number of quaternary nitrogens is 1. The van der Waals surface area contributed by atoms with Crippen molar-refractivity contribution in [3.8, 4) is 11.5 Å². The summed E-state index contributed by atoms with van der Waals surface area (Å²) in [5.74, 6) is 1.64. The normalized spacial score (nSPS) is 21.2. The molecule has 1 atom stereocenters. The minimum absolute atomic E-state index is 0.108. The van der Waals surface area contributed by atoms with Crippen LogP contribution in [0, 0.1) is 0 Å². The van der Waals surface area contributed by atoms with Gasteiger partial charge in [0.15, 0.2) is 11.5 Å². The van der Waals surface area contributed by atoms with Crippen LogP contribution < -0.4 is 19.7 Å². The summed E-state index contributed by atoms with van der Waals surface area (Å²) in [4.78, 5) is 13.4. The Balaban J connectivity index is 1.38. The molecule has 2 aliphatic rings. The smallest absolute Gasteiger partial charge is 0.225 e. The van der Waals surface area contributed by atoms with Crippen LogP contribution in [-0.2, 0) is 4.79 Å². The molecule has 0 aliphatic carbocycles. The maximum absolute atomic E-state index is 11.9. The fourth-order valence-corrected chi connectivity index (χ4v) is 2.90. The molecule has 2 aliphatic heterocycles. The van der Waals surface area contributed by atoms with Crippen molar-refractivity contribution in [1.82, 2.24) is 5.32 Å². The molecule has 5 heteroatoms. The van der Waals surface area contributed by atoms with Crippen molar-refractivity contribution in [3.05, 3.63) is 24.3 Å². The number of carbonyl (C=O) groups is 1. The van der Waals surface area contributed by atoms with Gasteiger partial charge in [-0.15, -0.1) is 0 Å². The van der Waals surface area contributed by atoms with Gasteiger partial charge in [0, 0.05) is 12.8 Å². The van der Waals surface area contributed by atoms with Gasteiger partial charge in [0.2, 0.25) is 5.91 Å². The van der Waals surface area contributed by atoms with E-state index in [0.717, 1.165) is 18.0 Å². The van der Waals surface area contributed by atoms with Gasteiger partial charge in [-0.1, -0.05) is 12.1 Å². The maximum Gasteiger partial charge on any atom is 0.225 e. The number of carbonyl (C=O) groups excluding carboxylic acids is 1. The van der Waals surface area contributed by atoms with Crippen molar-refractivity contribution in [2.75, 3.05) is 32.8 Å². The largest absolute Gasteiger partial charge is 0.486 e. The van der Waals surface area contributed by atoms with Crippen molar-refractivity contribution < 1.29 is 19.2 Å². The number of rotatable bonds is 5. The lowest BCUT2D eigenvalue weighted by Gasteiger charge is -2.26. The lowest BCUT2D eigenvalue weighted by molar-refractivity contribution is -0.886. The van der Waals surface area contributed by atoms with E-state index in [4.69, 9.17) is 9.47 Å². The topological polar surface area (TPSA) is 52.0 Å². The van der Waals surface area contributed by atoms with Gasteiger partial charge < -0.3 is 19.7 Å². The van der Waals surface area contributed by atoms with Crippen LogP contribution in [0.3, 0.4) is 0 Å². The number of hydrogen-bond donors (Lipinski definition) is 2. The second kappa shape index (κ2) is 6.80. The summed E-state index contributed by atoms with van der Waals surface area (Å²) in [5, 5.41) is 2.95. The highest BCUT2D eigenvalue weighted by Crippen LogP contribution is 2.30. The van der Waals surface area contributed by atoms with Crippen LogP contribution in [0.5, 0.6) is 11.5 Å². The molecule has 1 aromatic rings. The minimum atomic E-state index is -0.108. The number of likely N-dealkylation sites (tertiary alicyclic amines) is 1. The molecule has 2 heterocycles. The Hall–Kier alpha value is -1.75. The molecular weight excluding hydrogens is 268 g/mol. The highest BCUT2D eigenvalue weighted by molar-refractivity contribution is 5.75. The Morgan fingerprint density at radius 1 is 1.24 bits per heavy atom. The van der Waals surface area contributed by atoms with Crippen LogP contribution >= 0.6 is 0 Å². The van der Waals surface area contributed by atoms with Crippen molar-refractivity contribution in [2.24, 2.45) is 0 Å². The molecule has 0 bridgehead atoms. The highest BCUT2D eigenvalue weighted by Gasteiger charge is 2.21. The summed E-state index contributed by atoms with van der Waals surface area (Å²) >= 11 is 0. The van der Waals surface area contributed by atoms with Crippen LogP contribution in [-0.4, -0.2) is 44.8 Å². The van der Waals surface area contributed by atoms with E-state index >= 15 is 0 Å². The molecule has 0 aromatic heterocycles. The Morgan fingerprint density at radius 2 is 2.00 bits per heavy atom. The summed E-state index contributed by atoms with van der Waals surface area (Å²) in [6, 6.07) is 7.62. The lowest BCUT2D eigenvalue weighted by Crippen LogP contribution is -3.10. The Kier molecular flexibility index (Phi) is 4.60. The Bertz CT molecular complexity index is 486. The minimum Gasteiger partial charge on any atom is -0.486 e. The van der Waals surface area contributed by atoms with E-state index in [-0.39, 0.29) is 12.0 Å². The third kappa shape index (κ3) is 3.88. The van der Waals surface area contributed by atoms with Gasteiger partial charge >= 0.3 is 0 Å². The number of nitrogens with one attached hydrogen (secondary N) is 2. The summed E-state index contributed by atoms with van der Waals surface area (Å²) in [6.07, 6.45) is 3.08. The van der Waals surface area contributed by atoms with Crippen LogP contribution in [0.1, 0.15) is 19.3 Å². The Morgan fingerprint density at radius 3 is 2.81 bits per heavy atom. The molecule has 1 fully saturated rings. The van der Waals surface area contributed by atoms with E-state index in [1.807, 2.05) is 24.3 Å². The van der Waals surface area contributed by atoms with Gasteiger partial charge in [-0.25, -0.2) is 0 Å². The molecule has 1 aromatic carbocycles. The third-order valence-electron chi connectivity index (χ3n) is 4.11. The highest BCUT2D eigenvalue weighted by atomic mass is 16.6. The molecule has 1 saturated heterocycles. The third-order valence-corrected chi connectivity index (χ3v) is 4.11. The number of hydrogen-bond acceptors (Lipinski definition) is 3. The van der Waals surface area contributed by atoms with E-state index in [1.54, 1.807) is 4.90 Å². The number of para-hydroxylation sites is 2. The Labute approximate surface area is 125 Å². The van der Waals surface area contributed by atoms with E-state index in [2.05, 4.69) is 5.32 Å². The van der Waals surface area contributed by atoms with Gasteiger partial charge in [0.25, 0.3) is 0 Å². The summed E-state index contributed by atoms with van der Waals surface area (Å²) in [5.41, 5.74) is 0. The number of amides is 1. The van der Waals surface area contributed by atoms with Crippen LogP contribution in [0.15, 0.2) is 24.3 Å². The first-order chi connectivity index (χ1) is 10.3. The predicted molar refractivity (Wildman–Crippen MR) is 78.8 cm³/mol. The van der Waals surface area contributed by atoms with E-state index in [9.17, 15) is 4.79 Å². The quantitative estimate of drug-likeness (QED) is 0.804. The zero-order valence-electron chi connectivity index (χ0n) is 12.3.